The van der Waals surface area contributed by atoms with Crippen LogP contribution in [-0.2, 0) is 9.59 Å². The molecule has 2 fully saturated rings. The lowest BCUT2D eigenvalue weighted by atomic mass is 10.1. The van der Waals surface area contributed by atoms with Crippen LogP contribution in [-0.4, -0.2) is 35.3 Å². The van der Waals surface area contributed by atoms with Crippen molar-refractivity contribution in [3.05, 3.63) is 0 Å². The minimum atomic E-state index is -0.299. The van der Waals surface area contributed by atoms with Gasteiger partial charge in [0.05, 0.1) is 6.54 Å². The largest absolute Gasteiger partial charge is 0.345 e. The topological polar surface area (TPSA) is 49.4 Å². The van der Waals surface area contributed by atoms with Gasteiger partial charge in [-0.25, -0.2) is 0 Å². The molecule has 4 heteroatoms. The van der Waals surface area contributed by atoms with Gasteiger partial charge in [-0.3, -0.25) is 9.59 Å². The van der Waals surface area contributed by atoms with Crippen LogP contribution >= 0.6 is 0 Å². The van der Waals surface area contributed by atoms with E-state index in [1.807, 2.05) is 6.92 Å². The molecule has 1 aliphatic carbocycles. The molecule has 2 rings (SSSR count). The standard InChI is InChI=1S/C10H16N2O2/c1-6(8-3-4-8)12-7(2)10(14)11-5-9(12)13/h6-8H,3-5H2,1-2H3,(H,11,14). The van der Waals surface area contributed by atoms with Crippen molar-refractivity contribution in [1.29, 1.82) is 0 Å². The maximum Gasteiger partial charge on any atom is 0.242 e. The number of carbonyl (C=O) groups excluding carboxylic acids is 2. The predicted octanol–water partition coefficient (Wildman–Crippen LogP) is 0.132. The van der Waals surface area contributed by atoms with Crippen LogP contribution in [0.4, 0.5) is 0 Å². The van der Waals surface area contributed by atoms with Crippen LogP contribution in [0.5, 0.6) is 0 Å². The summed E-state index contributed by atoms with van der Waals surface area (Å²) in [5.74, 6) is 0.640. The van der Waals surface area contributed by atoms with Crippen LogP contribution in [0.1, 0.15) is 26.7 Å². The fourth-order valence-corrected chi connectivity index (χ4v) is 2.13. The van der Waals surface area contributed by atoms with Crippen molar-refractivity contribution in [2.75, 3.05) is 6.54 Å². The highest BCUT2D eigenvalue weighted by atomic mass is 16.2. The highest BCUT2D eigenvalue weighted by molar-refractivity contribution is 5.94. The molecular formula is C10H16N2O2. The Hall–Kier alpha value is -1.06. The fourth-order valence-electron chi connectivity index (χ4n) is 2.13. The van der Waals surface area contributed by atoms with Gasteiger partial charge in [0.2, 0.25) is 11.8 Å². The monoisotopic (exact) mass is 196 g/mol. The predicted molar refractivity (Wildman–Crippen MR) is 51.5 cm³/mol. The van der Waals surface area contributed by atoms with Gasteiger partial charge in [0.15, 0.2) is 0 Å². The van der Waals surface area contributed by atoms with E-state index in [9.17, 15) is 9.59 Å². The van der Waals surface area contributed by atoms with Crippen LogP contribution in [0, 0.1) is 5.92 Å². The van der Waals surface area contributed by atoms with Crippen molar-refractivity contribution in [3.8, 4) is 0 Å². The maximum absolute atomic E-state index is 11.6. The molecule has 1 saturated carbocycles. The van der Waals surface area contributed by atoms with E-state index in [0.717, 1.165) is 0 Å². The molecule has 0 aromatic heterocycles. The molecule has 2 unspecified atom stereocenters. The molecule has 1 heterocycles. The number of amides is 2. The second-order valence-electron chi connectivity index (χ2n) is 4.27. The molecule has 1 N–H and O–H groups in total. The molecule has 1 saturated heterocycles. The number of piperazine rings is 1. The van der Waals surface area contributed by atoms with Crippen LogP contribution in [0.3, 0.4) is 0 Å². The highest BCUT2D eigenvalue weighted by Gasteiger charge is 2.40. The summed E-state index contributed by atoms with van der Waals surface area (Å²) in [4.78, 5) is 24.8. The molecule has 2 atom stereocenters. The van der Waals surface area contributed by atoms with Gasteiger partial charge in [-0.15, -0.1) is 0 Å². The summed E-state index contributed by atoms with van der Waals surface area (Å²) in [5.41, 5.74) is 0. The zero-order chi connectivity index (χ0) is 10.3. The van der Waals surface area contributed by atoms with Gasteiger partial charge in [0, 0.05) is 6.04 Å². The smallest absolute Gasteiger partial charge is 0.242 e. The van der Waals surface area contributed by atoms with E-state index in [4.69, 9.17) is 0 Å². The Kier molecular flexibility index (Phi) is 2.21. The zero-order valence-electron chi connectivity index (χ0n) is 8.62. The first kappa shape index (κ1) is 9.49. The van der Waals surface area contributed by atoms with Crippen LogP contribution in [0.15, 0.2) is 0 Å². The van der Waals surface area contributed by atoms with Gasteiger partial charge in [0.25, 0.3) is 0 Å². The number of nitrogens with zero attached hydrogens (tertiary/aromatic N) is 1. The molecule has 1 aliphatic heterocycles. The van der Waals surface area contributed by atoms with E-state index < -0.39 is 0 Å². The number of rotatable bonds is 2. The SMILES string of the molecule is CC1C(=O)NCC(=O)N1C(C)C1CC1. The summed E-state index contributed by atoms with van der Waals surface area (Å²) in [6.45, 7) is 4.01. The van der Waals surface area contributed by atoms with Crippen LogP contribution < -0.4 is 5.32 Å². The highest BCUT2D eigenvalue weighted by Crippen LogP contribution is 2.36. The number of nitrogens with one attached hydrogen (secondary N) is 1. The lowest BCUT2D eigenvalue weighted by Gasteiger charge is -2.37. The quantitative estimate of drug-likeness (QED) is 0.682. The molecule has 4 nitrogen and oxygen atoms in total. The minimum Gasteiger partial charge on any atom is -0.345 e. The van der Waals surface area contributed by atoms with E-state index in [1.54, 1.807) is 11.8 Å². The van der Waals surface area contributed by atoms with Crippen molar-refractivity contribution < 1.29 is 9.59 Å². The Morgan fingerprint density at radius 1 is 1.43 bits per heavy atom. The molecule has 0 bridgehead atoms. The van der Waals surface area contributed by atoms with Crippen molar-refractivity contribution in [1.82, 2.24) is 10.2 Å². The van der Waals surface area contributed by atoms with E-state index in [2.05, 4.69) is 5.32 Å². The normalized spacial score (nSPS) is 30.1. The molecule has 0 radical (unpaired) electrons. The van der Waals surface area contributed by atoms with Crippen LogP contribution in [0.25, 0.3) is 0 Å². The lowest BCUT2D eigenvalue weighted by Crippen LogP contribution is -2.60. The third-order valence-electron chi connectivity index (χ3n) is 3.24. The third-order valence-corrected chi connectivity index (χ3v) is 3.24. The molecule has 2 aliphatic rings. The van der Waals surface area contributed by atoms with Gasteiger partial charge in [-0.05, 0) is 32.6 Å². The summed E-state index contributed by atoms with van der Waals surface area (Å²) in [6.07, 6.45) is 2.39. The van der Waals surface area contributed by atoms with Crippen LogP contribution in [0.2, 0.25) is 0 Å². The van der Waals surface area contributed by atoms with E-state index >= 15 is 0 Å². The Morgan fingerprint density at radius 3 is 2.64 bits per heavy atom. The third kappa shape index (κ3) is 1.49. The van der Waals surface area contributed by atoms with Crippen molar-refractivity contribution >= 4 is 11.8 Å². The Bertz CT molecular complexity index is 273. The molecule has 0 spiro atoms. The summed E-state index contributed by atoms with van der Waals surface area (Å²) >= 11 is 0. The van der Waals surface area contributed by atoms with Crippen molar-refractivity contribution in [3.63, 3.8) is 0 Å². The Balaban J connectivity index is 2.12. The summed E-state index contributed by atoms with van der Waals surface area (Å²) < 4.78 is 0. The van der Waals surface area contributed by atoms with Gasteiger partial charge < -0.3 is 10.2 Å². The molecule has 14 heavy (non-hydrogen) atoms. The lowest BCUT2D eigenvalue weighted by molar-refractivity contribution is -0.147. The first-order chi connectivity index (χ1) is 6.61. The second-order valence-corrected chi connectivity index (χ2v) is 4.27. The summed E-state index contributed by atoms with van der Waals surface area (Å²) in [7, 11) is 0. The Labute approximate surface area is 83.6 Å². The van der Waals surface area contributed by atoms with Crippen molar-refractivity contribution in [2.45, 2.75) is 38.8 Å². The van der Waals surface area contributed by atoms with E-state index in [-0.39, 0.29) is 30.4 Å². The van der Waals surface area contributed by atoms with Gasteiger partial charge in [-0.2, -0.15) is 0 Å². The molecule has 2 amide bonds. The molecule has 0 aromatic rings. The van der Waals surface area contributed by atoms with Gasteiger partial charge in [-0.1, -0.05) is 0 Å². The average molecular weight is 196 g/mol. The summed E-state index contributed by atoms with van der Waals surface area (Å²) in [5, 5.41) is 2.60. The fraction of sp³-hybridized carbons (Fsp3) is 0.800. The van der Waals surface area contributed by atoms with Crippen molar-refractivity contribution in [2.24, 2.45) is 5.92 Å². The number of hydrogen-bond acceptors (Lipinski definition) is 2. The molecular weight excluding hydrogens is 180 g/mol. The number of hydrogen-bond donors (Lipinski definition) is 1. The summed E-state index contributed by atoms with van der Waals surface area (Å²) in [6, 6.07) is -0.0737. The van der Waals surface area contributed by atoms with E-state index in [1.165, 1.54) is 12.8 Å². The maximum atomic E-state index is 11.6. The first-order valence-electron chi connectivity index (χ1n) is 5.20. The average Bonchev–Trinajstić information content (AvgIpc) is 2.95. The molecule has 78 valence electrons. The second kappa shape index (κ2) is 3.26. The Morgan fingerprint density at radius 2 is 2.07 bits per heavy atom. The molecule has 0 aromatic carbocycles. The zero-order valence-corrected chi connectivity index (χ0v) is 8.62. The first-order valence-corrected chi connectivity index (χ1v) is 5.20. The number of carbonyl (C=O) groups is 2. The minimum absolute atomic E-state index is 0.0305. The van der Waals surface area contributed by atoms with Gasteiger partial charge >= 0.3 is 0 Å². The van der Waals surface area contributed by atoms with E-state index in [0.29, 0.717) is 5.92 Å². The van der Waals surface area contributed by atoms with Gasteiger partial charge in [0.1, 0.15) is 6.04 Å².